The lowest BCUT2D eigenvalue weighted by Gasteiger charge is -2.24. The van der Waals surface area contributed by atoms with Crippen molar-refractivity contribution < 1.29 is 4.79 Å². The summed E-state index contributed by atoms with van der Waals surface area (Å²) < 4.78 is 0. The van der Waals surface area contributed by atoms with Gasteiger partial charge in [0.15, 0.2) is 0 Å². The summed E-state index contributed by atoms with van der Waals surface area (Å²) in [5.74, 6) is 0. The van der Waals surface area contributed by atoms with Crippen LogP contribution >= 0.6 is 0 Å². The lowest BCUT2D eigenvalue weighted by Crippen LogP contribution is -2.36. The highest BCUT2D eigenvalue weighted by Gasteiger charge is 2.18. The Morgan fingerprint density at radius 1 is 1.38 bits per heavy atom. The quantitative estimate of drug-likeness (QED) is 0.488. The summed E-state index contributed by atoms with van der Waals surface area (Å²) >= 11 is 0. The summed E-state index contributed by atoms with van der Waals surface area (Å²) in [7, 11) is 0. The first-order chi connectivity index (χ1) is 6.38. The van der Waals surface area contributed by atoms with Gasteiger partial charge in [-0.05, 0) is 25.8 Å². The van der Waals surface area contributed by atoms with E-state index >= 15 is 0 Å². The van der Waals surface area contributed by atoms with Gasteiger partial charge in [-0.3, -0.25) is 4.90 Å². The Kier molecular flexibility index (Phi) is 4.76. The van der Waals surface area contributed by atoms with E-state index in [4.69, 9.17) is 0 Å². The molecule has 1 rings (SSSR count). The summed E-state index contributed by atoms with van der Waals surface area (Å²) in [5, 5.41) is 0. The molecule has 0 aliphatic carbocycles. The van der Waals surface area contributed by atoms with Crippen LogP contribution in [0.25, 0.3) is 0 Å². The van der Waals surface area contributed by atoms with Crippen molar-refractivity contribution in [1.29, 1.82) is 0 Å². The van der Waals surface area contributed by atoms with Crippen molar-refractivity contribution in [1.82, 2.24) is 4.90 Å². The van der Waals surface area contributed by atoms with Crippen molar-refractivity contribution in [2.45, 2.75) is 38.1 Å². The maximum absolute atomic E-state index is 10.8. The fourth-order valence-corrected chi connectivity index (χ4v) is 1.88. The second kappa shape index (κ2) is 5.92. The van der Waals surface area contributed by atoms with Crippen LogP contribution in [0.4, 0.5) is 0 Å². The van der Waals surface area contributed by atoms with Crippen LogP contribution in [0.3, 0.4) is 0 Å². The lowest BCUT2D eigenvalue weighted by atomic mass is 10.1. The van der Waals surface area contributed by atoms with Gasteiger partial charge in [0.2, 0.25) is 0 Å². The van der Waals surface area contributed by atoms with Gasteiger partial charge in [-0.2, -0.15) is 0 Å². The fourth-order valence-electron chi connectivity index (χ4n) is 1.88. The molecule has 0 aromatic rings. The summed E-state index contributed by atoms with van der Waals surface area (Å²) in [6.07, 6.45) is 8.77. The molecular weight excluding hydrogens is 162 g/mol. The van der Waals surface area contributed by atoms with Gasteiger partial charge in [0, 0.05) is 6.54 Å². The highest BCUT2D eigenvalue weighted by molar-refractivity contribution is 5.57. The molecule has 0 bridgehead atoms. The monoisotopic (exact) mass is 181 g/mol. The van der Waals surface area contributed by atoms with Crippen molar-refractivity contribution in [3.8, 4) is 0 Å². The maximum Gasteiger partial charge on any atom is 0.137 e. The number of carbonyl (C=O) groups excluding carboxylic acids is 1. The first-order valence-corrected chi connectivity index (χ1v) is 5.18. The zero-order valence-electron chi connectivity index (χ0n) is 8.24. The van der Waals surface area contributed by atoms with E-state index < -0.39 is 0 Å². The smallest absolute Gasteiger partial charge is 0.137 e. The van der Waals surface area contributed by atoms with E-state index in [9.17, 15) is 4.79 Å². The summed E-state index contributed by atoms with van der Waals surface area (Å²) in [4.78, 5) is 13.1. The number of likely N-dealkylation sites (tertiary alicyclic amines) is 1. The number of rotatable bonds is 4. The van der Waals surface area contributed by atoms with Gasteiger partial charge in [-0.1, -0.05) is 18.9 Å². The number of hydrogen-bond donors (Lipinski definition) is 0. The number of hydrogen-bond acceptors (Lipinski definition) is 2. The van der Waals surface area contributed by atoms with E-state index in [0.717, 1.165) is 32.2 Å². The van der Waals surface area contributed by atoms with E-state index in [0.29, 0.717) is 0 Å². The molecule has 2 heteroatoms. The molecule has 0 N–H and O–H groups in total. The molecule has 1 heterocycles. The Balaban J connectivity index is 2.43. The van der Waals surface area contributed by atoms with E-state index in [2.05, 4.69) is 11.5 Å². The molecule has 1 fully saturated rings. The zero-order valence-corrected chi connectivity index (χ0v) is 8.24. The van der Waals surface area contributed by atoms with Gasteiger partial charge < -0.3 is 4.79 Å². The van der Waals surface area contributed by atoms with Gasteiger partial charge in [-0.25, -0.2) is 0 Å². The third-order valence-electron chi connectivity index (χ3n) is 2.69. The number of carbonyl (C=O) groups is 1. The van der Waals surface area contributed by atoms with Crippen molar-refractivity contribution in [2.24, 2.45) is 0 Å². The third-order valence-corrected chi connectivity index (χ3v) is 2.69. The van der Waals surface area contributed by atoms with Gasteiger partial charge >= 0.3 is 0 Å². The molecule has 13 heavy (non-hydrogen) atoms. The van der Waals surface area contributed by atoms with E-state index in [1.165, 1.54) is 19.3 Å². The molecule has 1 aliphatic heterocycles. The molecule has 1 aliphatic rings. The van der Waals surface area contributed by atoms with Crippen molar-refractivity contribution in [3.63, 3.8) is 0 Å². The fraction of sp³-hybridized carbons (Fsp3) is 0.727. The normalized spacial score (nSPS) is 25.1. The van der Waals surface area contributed by atoms with Crippen LogP contribution in [-0.2, 0) is 4.79 Å². The molecular formula is C11H19NO. The van der Waals surface area contributed by atoms with E-state index in [1.807, 2.05) is 6.08 Å². The third kappa shape index (κ3) is 3.31. The van der Waals surface area contributed by atoms with Crippen molar-refractivity contribution in [3.05, 3.63) is 12.7 Å². The Bertz CT molecular complexity index is 167. The topological polar surface area (TPSA) is 20.3 Å². The second-order valence-corrected chi connectivity index (χ2v) is 3.67. The Hall–Kier alpha value is -0.630. The standard InChI is InChI=1S/C11H19NO/c1-2-3-8-12-9-6-4-5-7-11(12)10-13/h2,10-11H,1,3-9H2. The summed E-state index contributed by atoms with van der Waals surface area (Å²) in [6, 6.07) is 0.169. The van der Waals surface area contributed by atoms with Crippen LogP contribution in [-0.4, -0.2) is 30.3 Å². The highest BCUT2D eigenvalue weighted by Crippen LogP contribution is 2.15. The SMILES string of the molecule is C=CCCN1CCCCCC1C=O. The van der Waals surface area contributed by atoms with E-state index in [-0.39, 0.29) is 6.04 Å². The second-order valence-electron chi connectivity index (χ2n) is 3.67. The van der Waals surface area contributed by atoms with Gasteiger partial charge in [0.05, 0.1) is 6.04 Å². The molecule has 1 unspecified atom stereocenters. The lowest BCUT2D eigenvalue weighted by molar-refractivity contribution is -0.112. The first kappa shape index (κ1) is 10.5. The molecule has 0 radical (unpaired) electrons. The van der Waals surface area contributed by atoms with Crippen molar-refractivity contribution in [2.75, 3.05) is 13.1 Å². The maximum atomic E-state index is 10.8. The first-order valence-electron chi connectivity index (χ1n) is 5.18. The van der Waals surface area contributed by atoms with Crippen LogP contribution < -0.4 is 0 Å². The Morgan fingerprint density at radius 3 is 2.92 bits per heavy atom. The molecule has 0 saturated carbocycles. The zero-order chi connectivity index (χ0) is 9.52. The molecule has 2 nitrogen and oxygen atoms in total. The van der Waals surface area contributed by atoms with Crippen LogP contribution in [0.15, 0.2) is 12.7 Å². The minimum atomic E-state index is 0.169. The van der Waals surface area contributed by atoms with Gasteiger partial charge in [0.25, 0.3) is 0 Å². The summed E-state index contributed by atoms with van der Waals surface area (Å²) in [5.41, 5.74) is 0. The molecule has 0 spiro atoms. The predicted molar refractivity (Wildman–Crippen MR) is 54.7 cm³/mol. The Labute approximate surface area is 80.6 Å². The average Bonchev–Trinajstić information content (AvgIpc) is 2.39. The van der Waals surface area contributed by atoms with Crippen molar-refractivity contribution >= 4 is 6.29 Å². The molecule has 1 saturated heterocycles. The molecule has 0 aromatic carbocycles. The average molecular weight is 181 g/mol. The largest absolute Gasteiger partial charge is 0.302 e. The van der Waals surface area contributed by atoms with Crippen LogP contribution in [0.1, 0.15) is 32.1 Å². The minimum absolute atomic E-state index is 0.169. The Morgan fingerprint density at radius 2 is 2.23 bits per heavy atom. The molecule has 74 valence electrons. The minimum Gasteiger partial charge on any atom is -0.302 e. The molecule has 1 atom stereocenters. The molecule has 0 amide bonds. The van der Waals surface area contributed by atoms with Crippen LogP contribution in [0.2, 0.25) is 0 Å². The summed E-state index contributed by atoms with van der Waals surface area (Å²) in [6.45, 7) is 5.78. The van der Waals surface area contributed by atoms with Crippen LogP contribution in [0.5, 0.6) is 0 Å². The van der Waals surface area contributed by atoms with Gasteiger partial charge in [-0.15, -0.1) is 6.58 Å². The number of aldehydes is 1. The molecule has 0 aromatic heterocycles. The van der Waals surface area contributed by atoms with Gasteiger partial charge in [0.1, 0.15) is 6.29 Å². The highest BCUT2D eigenvalue weighted by atomic mass is 16.1. The predicted octanol–water partition coefficient (Wildman–Crippen LogP) is 2.01. The van der Waals surface area contributed by atoms with Crippen LogP contribution in [0, 0.1) is 0 Å². The van der Waals surface area contributed by atoms with E-state index in [1.54, 1.807) is 0 Å². The number of nitrogens with zero attached hydrogens (tertiary/aromatic N) is 1.